The molecular weight excluding hydrogens is 462 g/mol. The van der Waals surface area contributed by atoms with Crippen molar-refractivity contribution in [3.8, 4) is 17.5 Å². The topological polar surface area (TPSA) is 109 Å². The first-order valence-corrected chi connectivity index (χ1v) is 12.3. The van der Waals surface area contributed by atoms with E-state index in [0.29, 0.717) is 62.2 Å². The lowest BCUT2D eigenvalue weighted by molar-refractivity contribution is 0.0505. The highest BCUT2D eigenvalue weighted by molar-refractivity contribution is 7.75. The highest BCUT2D eigenvalue weighted by Gasteiger charge is 2.26. The van der Waals surface area contributed by atoms with E-state index in [1.165, 1.54) is 6.33 Å². The molecule has 0 bridgehead atoms. The van der Waals surface area contributed by atoms with Gasteiger partial charge in [0.1, 0.15) is 18.2 Å². The Kier molecular flexibility index (Phi) is 7.96. The lowest BCUT2D eigenvalue weighted by atomic mass is 10.0. The molecule has 4 rings (SSSR count). The Balaban J connectivity index is 1.33. The van der Waals surface area contributed by atoms with Crippen molar-refractivity contribution in [1.29, 1.82) is 0 Å². The van der Waals surface area contributed by atoms with Crippen LogP contribution < -0.4 is 9.47 Å². The van der Waals surface area contributed by atoms with Crippen LogP contribution in [0.15, 0.2) is 30.6 Å². The molecule has 1 aromatic carbocycles. The average Bonchev–Trinajstić information content (AvgIpc) is 2.83. The molecule has 2 aliphatic heterocycles. The first kappa shape index (κ1) is 24.4. The molecular formula is C23H29N3O7S. The monoisotopic (exact) mass is 491 g/mol. The number of amides is 1. The molecule has 0 aliphatic carbocycles. The predicted molar refractivity (Wildman–Crippen MR) is 123 cm³/mol. The van der Waals surface area contributed by atoms with Crippen LogP contribution in [0.4, 0.5) is 4.79 Å². The molecule has 1 amide bonds. The maximum absolute atomic E-state index is 12.1. The Morgan fingerprint density at radius 3 is 2.38 bits per heavy atom. The number of ether oxygens (including phenoxy) is 3. The van der Waals surface area contributed by atoms with Gasteiger partial charge >= 0.3 is 17.5 Å². The molecule has 2 aromatic rings. The van der Waals surface area contributed by atoms with Gasteiger partial charge in [-0.3, -0.25) is 8.37 Å². The van der Waals surface area contributed by atoms with E-state index in [-0.39, 0.29) is 24.2 Å². The van der Waals surface area contributed by atoms with Crippen LogP contribution in [0.5, 0.6) is 17.5 Å². The quantitative estimate of drug-likeness (QED) is 0.598. The fraction of sp³-hybridized carbons (Fsp3) is 0.522. The van der Waals surface area contributed by atoms with Gasteiger partial charge in [0.15, 0.2) is 0 Å². The maximum Gasteiger partial charge on any atom is 0.410 e. The molecule has 1 aromatic heterocycles. The molecule has 2 saturated heterocycles. The van der Waals surface area contributed by atoms with Crippen molar-refractivity contribution in [2.24, 2.45) is 0 Å². The molecule has 3 heterocycles. The third kappa shape index (κ3) is 6.22. The molecule has 0 saturated carbocycles. The summed E-state index contributed by atoms with van der Waals surface area (Å²) in [6, 6.07) is 7.53. The van der Waals surface area contributed by atoms with E-state index < -0.39 is 11.4 Å². The van der Waals surface area contributed by atoms with Crippen molar-refractivity contribution in [2.75, 3.05) is 26.3 Å². The number of benzene rings is 1. The number of rotatable bonds is 6. The number of hydrogen-bond acceptors (Lipinski definition) is 9. The Morgan fingerprint density at radius 2 is 1.74 bits per heavy atom. The van der Waals surface area contributed by atoms with Gasteiger partial charge in [-0.2, -0.15) is 4.21 Å². The van der Waals surface area contributed by atoms with E-state index in [2.05, 4.69) is 9.97 Å². The van der Waals surface area contributed by atoms with Gasteiger partial charge in [-0.1, -0.05) is 12.1 Å². The second-order valence-electron chi connectivity index (χ2n) is 8.49. The van der Waals surface area contributed by atoms with Crippen molar-refractivity contribution < 1.29 is 31.6 Å². The van der Waals surface area contributed by atoms with Gasteiger partial charge < -0.3 is 19.1 Å². The highest BCUT2D eigenvalue weighted by atomic mass is 32.2. The first-order chi connectivity index (χ1) is 16.4. The summed E-state index contributed by atoms with van der Waals surface area (Å²) in [6.07, 6.45) is 2.32. The molecule has 184 valence electrons. The normalized spacial score (nSPS) is 21.4. The summed E-state index contributed by atoms with van der Waals surface area (Å²) in [5, 5.41) is 0. The van der Waals surface area contributed by atoms with Gasteiger partial charge in [0, 0.05) is 31.8 Å². The van der Waals surface area contributed by atoms with E-state index >= 15 is 0 Å². The molecule has 0 radical (unpaired) electrons. The van der Waals surface area contributed by atoms with Crippen LogP contribution in [0.3, 0.4) is 0 Å². The maximum atomic E-state index is 12.1. The highest BCUT2D eigenvalue weighted by Crippen LogP contribution is 2.30. The number of hydrogen-bond donors (Lipinski definition) is 0. The molecule has 0 atom stereocenters. The fourth-order valence-electron chi connectivity index (χ4n) is 3.70. The van der Waals surface area contributed by atoms with E-state index in [9.17, 15) is 9.00 Å². The number of aromatic nitrogens is 2. The van der Waals surface area contributed by atoms with Gasteiger partial charge in [-0.15, -0.1) is 0 Å². The van der Waals surface area contributed by atoms with Crippen molar-refractivity contribution in [1.82, 2.24) is 14.9 Å². The van der Waals surface area contributed by atoms with Crippen LogP contribution in [0, 0.1) is 6.92 Å². The number of piperidine rings is 1. The Labute approximate surface area is 201 Å². The second kappa shape index (κ2) is 11.1. The van der Waals surface area contributed by atoms with Crippen molar-refractivity contribution in [3.63, 3.8) is 0 Å². The zero-order chi connectivity index (χ0) is 24.1. The molecule has 2 fully saturated rings. The van der Waals surface area contributed by atoms with Crippen LogP contribution >= 0.6 is 0 Å². The molecule has 34 heavy (non-hydrogen) atoms. The van der Waals surface area contributed by atoms with Gasteiger partial charge in [-0.05, 0) is 38.5 Å². The Bertz CT molecular complexity index is 1000. The van der Waals surface area contributed by atoms with Crippen molar-refractivity contribution in [2.45, 2.75) is 51.7 Å². The minimum atomic E-state index is -1.65. The summed E-state index contributed by atoms with van der Waals surface area (Å²) >= 11 is -1.65. The van der Waals surface area contributed by atoms with Crippen LogP contribution in [0.1, 0.15) is 43.7 Å². The van der Waals surface area contributed by atoms with E-state index in [1.54, 1.807) is 4.90 Å². The van der Waals surface area contributed by atoms with Crippen LogP contribution in [0.25, 0.3) is 0 Å². The minimum Gasteiger partial charge on any atom is -0.474 e. The average molecular weight is 492 g/mol. The van der Waals surface area contributed by atoms with Crippen molar-refractivity contribution >= 4 is 17.5 Å². The molecule has 0 unspecified atom stereocenters. The molecule has 0 N–H and O–H groups in total. The van der Waals surface area contributed by atoms with Crippen molar-refractivity contribution in [3.05, 3.63) is 41.7 Å². The van der Waals surface area contributed by atoms with Crippen LogP contribution in [-0.2, 0) is 24.5 Å². The summed E-state index contributed by atoms with van der Waals surface area (Å²) in [5.74, 6) is 1.52. The Morgan fingerprint density at radius 1 is 1.09 bits per heavy atom. The van der Waals surface area contributed by atoms with Crippen LogP contribution in [0.2, 0.25) is 0 Å². The van der Waals surface area contributed by atoms with Gasteiger partial charge in [0.05, 0.1) is 24.9 Å². The lowest BCUT2D eigenvalue weighted by Crippen LogP contribution is -2.42. The van der Waals surface area contributed by atoms with Gasteiger partial charge in [0.2, 0.25) is 11.8 Å². The number of carbonyl (C=O) groups excluding carboxylic acids is 1. The van der Waals surface area contributed by atoms with E-state index in [1.807, 2.05) is 45.0 Å². The summed E-state index contributed by atoms with van der Waals surface area (Å²) in [7, 11) is 0. The molecule has 2 aliphatic rings. The largest absolute Gasteiger partial charge is 0.474 e. The molecule has 0 spiro atoms. The Hall–Kier alpha value is -2.76. The predicted octanol–water partition coefficient (Wildman–Crippen LogP) is 3.67. The fourth-order valence-corrected chi connectivity index (χ4v) is 4.32. The molecule has 10 nitrogen and oxygen atoms in total. The van der Waals surface area contributed by atoms with Crippen LogP contribution in [-0.4, -0.2) is 63.7 Å². The van der Waals surface area contributed by atoms with E-state index in [0.717, 1.165) is 5.56 Å². The third-order valence-corrected chi connectivity index (χ3v) is 6.26. The number of carbonyl (C=O) groups is 1. The standard InChI is InChI=1S/C23H29N3O7S/c1-15(2)31-23(27)26-10-8-20(9-11-26)33-22-16(3)21(24-14-25-22)32-19-6-4-17(5-7-19)18-12-29-34(28)30-13-18/h4-7,14-15,18,20H,8-13H2,1-3H3. The summed E-state index contributed by atoms with van der Waals surface area (Å²) in [6.45, 7) is 7.36. The minimum absolute atomic E-state index is 0.0196. The van der Waals surface area contributed by atoms with Gasteiger partial charge in [0.25, 0.3) is 0 Å². The summed E-state index contributed by atoms with van der Waals surface area (Å²) < 4.78 is 38.6. The smallest absolute Gasteiger partial charge is 0.410 e. The number of nitrogens with zero attached hydrogens (tertiary/aromatic N) is 3. The SMILES string of the molecule is Cc1c(Oc2ccc(C3COS(=O)OC3)cc2)ncnc1OC1CCN(C(=O)OC(C)C)CC1. The zero-order valence-corrected chi connectivity index (χ0v) is 20.3. The second-order valence-corrected chi connectivity index (χ2v) is 9.37. The summed E-state index contributed by atoms with van der Waals surface area (Å²) in [4.78, 5) is 22.3. The summed E-state index contributed by atoms with van der Waals surface area (Å²) in [5.41, 5.74) is 1.71. The van der Waals surface area contributed by atoms with E-state index in [4.69, 9.17) is 22.6 Å². The first-order valence-electron chi connectivity index (χ1n) is 11.3. The molecule has 11 heteroatoms. The zero-order valence-electron chi connectivity index (χ0n) is 19.5. The van der Waals surface area contributed by atoms with Gasteiger partial charge in [-0.25, -0.2) is 14.8 Å². The third-order valence-electron chi connectivity index (χ3n) is 5.60. The number of likely N-dealkylation sites (tertiary alicyclic amines) is 1. The lowest BCUT2D eigenvalue weighted by Gasteiger charge is -2.31.